The Morgan fingerprint density at radius 1 is 1.23 bits per heavy atom. The maximum Gasteiger partial charge on any atom is 0.171 e. The molecule has 1 unspecified atom stereocenters. The molecule has 0 aliphatic carbocycles. The van der Waals surface area contributed by atoms with E-state index < -0.39 is 0 Å². The average Bonchev–Trinajstić information content (AvgIpc) is 2.52. The Balaban J connectivity index is 1.81. The number of aryl methyl sites for hydroxylation is 1. The van der Waals surface area contributed by atoms with Crippen LogP contribution in [0.15, 0.2) is 48.7 Å². The molecule has 3 nitrogen and oxygen atoms in total. The average molecular weight is 313 g/mol. The normalized spacial score (nSPS) is 11.7. The lowest BCUT2D eigenvalue weighted by Gasteiger charge is -2.17. The van der Waals surface area contributed by atoms with Crippen molar-refractivity contribution in [2.45, 2.75) is 26.7 Å². The number of hydrogen-bond donors (Lipinski definition) is 2. The summed E-state index contributed by atoms with van der Waals surface area (Å²) in [4.78, 5) is 4.26. The van der Waals surface area contributed by atoms with Crippen LogP contribution in [-0.2, 0) is 6.42 Å². The molecular weight excluding hydrogens is 290 g/mol. The number of aromatic nitrogens is 1. The highest BCUT2D eigenvalue weighted by molar-refractivity contribution is 7.80. The van der Waals surface area contributed by atoms with Crippen molar-refractivity contribution in [3.8, 4) is 0 Å². The summed E-state index contributed by atoms with van der Waals surface area (Å²) in [7, 11) is 0. The van der Waals surface area contributed by atoms with Gasteiger partial charge in [0.25, 0.3) is 0 Å². The number of nitrogens with one attached hydrogen (secondary N) is 2. The van der Waals surface area contributed by atoms with Gasteiger partial charge < -0.3 is 10.6 Å². The van der Waals surface area contributed by atoms with E-state index >= 15 is 0 Å². The Morgan fingerprint density at radius 2 is 2.00 bits per heavy atom. The second-order valence-electron chi connectivity index (χ2n) is 5.52. The summed E-state index contributed by atoms with van der Waals surface area (Å²) in [6.45, 7) is 5.12. The lowest BCUT2D eigenvalue weighted by Crippen LogP contribution is -2.33. The van der Waals surface area contributed by atoms with Crippen LogP contribution in [0, 0.1) is 12.8 Å². The third-order valence-corrected chi connectivity index (χ3v) is 3.90. The van der Waals surface area contributed by atoms with Gasteiger partial charge in [-0.2, -0.15) is 0 Å². The predicted octanol–water partition coefficient (Wildman–Crippen LogP) is 3.95. The maximum absolute atomic E-state index is 5.35. The number of rotatable bonds is 6. The first-order chi connectivity index (χ1) is 10.7. The van der Waals surface area contributed by atoms with Crippen molar-refractivity contribution >= 4 is 23.1 Å². The van der Waals surface area contributed by atoms with Gasteiger partial charge in [-0.3, -0.25) is 0 Å². The van der Waals surface area contributed by atoms with E-state index in [0.29, 0.717) is 11.0 Å². The van der Waals surface area contributed by atoms with Gasteiger partial charge in [-0.25, -0.2) is 4.98 Å². The quantitative estimate of drug-likeness (QED) is 0.792. The SMILES string of the molecule is CCC(CNC(=S)Nc1cc(C)ccn1)Cc1ccccc1. The predicted molar refractivity (Wildman–Crippen MR) is 97.1 cm³/mol. The van der Waals surface area contributed by atoms with Crippen LogP contribution >= 0.6 is 12.2 Å². The molecule has 0 spiro atoms. The number of nitrogens with zero attached hydrogens (tertiary/aromatic N) is 1. The van der Waals surface area contributed by atoms with Crippen LogP contribution in [0.1, 0.15) is 24.5 Å². The minimum absolute atomic E-state index is 0.563. The van der Waals surface area contributed by atoms with E-state index in [0.717, 1.165) is 30.8 Å². The molecule has 0 amide bonds. The highest BCUT2D eigenvalue weighted by atomic mass is 32.1. The van der Waals surface area contributed by atoms with Crippen molar-refractivity contribution in [2.75, 3.05) is 11.9 Å². The molecule has 0 aliphatic rings. The van der Waals surface area contributed by atoms with E-state index in [2.05, 4.69) is 52.9 Å². The third kappa shape index (κ3) is 5.45. The molecule has 0 saturated carbocycles. The summed E-state index contributed by atoms with van der Waals surface area (Å²) in [5.74, 6) is 1.35. The second-order valence-corrected chi connectivity index (χ2v) is 5.93. The van der Waals surface area contributed by atoms with Crippen LogP contribution in [-0.4, -0.2) is 16.6 Å². The molecule has 2 aromatic rings. The zero-order valence-electron chi connectivity index (χ0n) is 13.2. The summed E-state index contributed by atoms with van der Waals surface area (Å²) < 4.78 is 0. The molecule has 0 saturated heterocycles. The summed E-state index contributed by atoms with van der Waals surface area (Å²) in [6.07, 6.45) is 3.97. The molecule has 1 aromatic carbocycles. The van der Waals surface area contributed by atoms with Gasteiger partial charge in [-0.15, -0.1) is 0 Å². The summed E-state index contributed by atoms with van der Waals surface area (Å²) in [5, 5.41) is 7.07. The van der Waals surface area contributed by atoms with Crippen LogP contribution in [0.25, 0.3) is 0 Å². The van der Waals surface area contributed by atoms with Crippen molar-refractivity contribution < 1.29 is 0 Å². The van der Waals surface area contributed by atoms with Gasteiger partial charge in [-0.1, -0.05) is 43.7 Å². The van der Waals surface area contributed by atoms with Crippen LogP contribution in [0.3, 0.4) is 0 Å². The summed E-state index contributed by atoms with van der Waals surface area (Å²) in [6, 6.07) is 14.5. The Hall–Kier alpha value is -1.94. The zero-order valence-corrected chi connectivity index (χ0v) is 14.0. The standard InChI is InChI=1S/C18H23N3S/c1-3-15(12-16-7-5-4-6-8-16)13-20-18(22)21-17-11-14(2)9-10-19-17/h4-11,15H,3,12-13H2,1-2H3,(H2,19,20,21,22). The van der Waals surface area contributed by atoms with Gasteiger partial charge in [0, 0.05) is 12.7 Å². The Bertz CT molecular complexity index is 598. The Morgan fingerprint density at radius 3 is 2.68 bits per heavy atom. The first-order valence-electron chi connectivity index (χ1n) is 7.68. The van der Waals surface area contributed by atoms with E-state index in [9.17, 15) is 0 Å². The molecule has 2 rings (SSSR count). The molecule has 2 N–H and O–H groups in total. The largest absolute Gasteiger partial charge is 0.362 e. The first kappa shape index (κ1) is 16.4. The smallest absolute Gasteiger partial charge is 0.171 e. The van der Waals surface area contributed by atoms with Gasteiger partial charge in [0.15, 0.2) is 5.11 Å². The molecule has 0 aliphatic heterocycles. The fourth-order valence-electron chi connectivity index (χ4n) is 2.31. The van der Waals surface area contributed by atoms with E-state index in [-0.39, 0.29) is 0 Å². The Kier molecular flexibility index (Phi) is 6.34. The molecule has 4 heteroatoms. The van der Waals surface area contributed by atoms with E-state index in [4.69, 9.17) is 12.2 Å². The summed E-state index contributed by atoms with van der Waals surface area (Å²) in [5.41, 5.74) is 2.53. The molecule has 1 heterocycles. The van der Waals surface area contributed by atoms with Gasteiger partial charge in [0.2, 0.25) is 0 Å². The number of hydrogen-bond acceptors (Lipinski definition) is 2. The number of pyridine rings is 1. The van der Waals surface area contributed by atoms with Gasteiger partial charge in [-0.05, 0) is 54.7 Å². The van der Waals surface area contributed by atoms with Crippen LogP contribution in [0.2, 0.25) is 0 Å². The van der Waals surface area contributed by atoms with Crippen LogP contribution in [0.4, 0.5) is 5.82 Å². The number of benzene rings is 1. The zero-order chi connectivity index (χ0) is 15.8. The number of thiocarbonyl (C=S) groups is 1. The van der Waals surface area contributed by atoms with Crippen molar-refractivity contribution in [3.63, 3.8) is 0 Å². The summed E-state index contributed by atoms with van der Waals surface area (Å²) >= 11 is 5.35. The highest BCUT2D eigenvalue weighted by Gasteiger charge is 2.08. The van der Waals surface area contributed by atoms with Crippen molar-refractivity contribution in [1.29, 1.82) is 0 Å². The molecular formula is C18H23N3S. The van der Waals surface area contributed by atoms with Crippen molar-refractivity contribution in [1.82, 2.24) is 10.3 Å². The topological polar surface area (TPSA) is 37.0 Å². The van der Waals surface area contributed by atoms with E-state index in [1.165, 1.54) is 5.56 Å². The minimum Gasteiger partial charge on any atom is -0.362 e. The van der Waals surface area contributed by atoms with E-state index in [1.807, 2.05) is 19.1 Å². The van der Waals surface area contributed by atoms with Gasteiger partial charge in [0.1, 0.15) is 5.82 Å². The van der Waals surface area contributed by atoms with Crippen LogP contribution in [0.5, 0.6) is 0 Å². The van der Waals surface area contributed by atoms with Crippen LogP contribution < -0.4 is 10.6 Å². The molecule has 22 heavy (non-hydrogen) atoms. The highest BCUT2D eigenvalue weighted by Crippen LogP contribution is 2.11. The number of anilines is 1. The molecule has 1 atom stereocenters. The maximum atomic E-state index is 5.35. The molecule has 116 valence electrons. The van der Waals surface area contributed by atoms with Crippen molar-refractivity contribution in [3.05, 3.63) is 59.8 Å². The van der Waals surface area contributed by atoms with Gasteiger partial charge >= 0.3 is 0 Å². The first-order valence-corrected chi connectivity index (χ1v) is 8.09. The second kappa shape index (κ2) is 8.49. The fourth-order valence-corrected chi connectivity index (χ4v) is 2.50. The van der Waals surface area contributed by atoms with Crippen molar-refractivity contribution in [2.24, 2.45) is 5.92 Å². The molecule has 0 radical (unpaired) electrons. The lowest BCUT2D eigenvalue weighted by atomic mass is 9.97. The lowest BCUT2D eigenvalue weighted by molar-refractivity contribution is 0.498. The fraction of sp³-hybridized carbons (Fsp3) is 0.333. The molecule has 0 fully saturated rings. The molecule has 0 bridgehead atoms. The van der Waals surface area contributed by atoms with E-state index in [1.54, 1.807) is 6.20 Å². The monoisotopic (exact) mass is 313 g/mol. The Labute approximate surface area is 138 Å². The third-order valence-electron chi connectivity index (χ3n) is 3.65. The minimum atomic E-state index is 0.563. The molecule has 1 aromatic heterocycles. The van der Waals surface area contributed by atoms with Gasteiger partial charge in [0.05, 0.1) is 0 Å².